The van der Waals surface area contributed by atoms with E-state index < -0.39 is 0 Å². The first-order valence-corrected chi connectivity index (χ1v) is 9.35. The predicted octanol–water partition coefficient (Wildman–Crippen LogP) is 4.29. The number of fused-ring (bicyclic) bond motifs is 1. The molecule has 2 amide bonds. The number of benzene rings is 1. The molecule has 3 heterocycles. The summed E-state index contributed by atoms with van der Waals surface area (Å²) >= 11 is 6.13. The molecule has 1 aliphatic rings. The first-order chi connectivity index (χ1) is 13.6. The maximum Gasteiger partial charge on any atom is 0.328 e. The number of hydrogen-bond acceptors (Lipinski definition) is 5. The van der Waals surface area contributed by atoms with Crippen LogP contribution in [0.4, 0.5) is 22.1 Å². The fourth-order valence-corrected chi connectivity index (χ4v) is 3.26. The minimum atomic E-state index is -0.298. The third kappa shape index (κ3) is 3.89. The second-order valence-electron chi connectivity index (χ2n) is 6.71. The smallest absolute Gasteiger partial charge is 0.328 e. The summed E-state index contributed by atoms with van der Waals surface area (Å²) < 4.78 is 0. The summed E-state index contributed by atoms with van der Waals surface area (Å²) in [6.07, 6.45) is 1.56. The van der Waals surface area contributed by atoms with Crippen LogP contribution in [-0.2, 0) is 0 Å². The van der Waals surface area contributed by atoms with Crippen LogP contribution >= 0.6 is 11.6 Å². The summed E-state index contributed by atoms with van der Waals surface area (Å²) in [4.78, 5) is 19.4. The van der Waals surface area contributed by atoms with Crippen molar-refractivity contribution in [3.63, 3.8) is 0 Å². The van der Waals surface area contributed by atoms with Crippen molar-refractivity contribution in [1.29, 1.82) is 0 Å². The number of amides is 2. The van der Waals surface area contributed by atoms with Crippen LogP contribution in [0.3, 0.4) is 0 Å². The molecule has 0 bridgehead atoms. The van der Waals surface area contributed by atoms with Crippen molar-refractivity contribution >= 4 is 35.0 Å². The van der Waals surface area contributed by atoms with Crippen LogP contribution in [0.5, 0.6) is 0 Å². The second-order valence-corrected chi connectivity index (χ2v) is 7.15. The van der Waals surface area contributed by atoms with E-state index in [9.17, 15) is 4.79 Å². The number of hydrogen-bond donors (Lipinski definition) is 2. The molecule has 0 unspecified atom stereocenters. The lowest BCUT2D eigenvalue weighted by atomic mass is 10.1. The average molecular weight is 395 g/mol. The van der Waals surface area contributed by atoms with Gasteiger partial charge in [-0.3, -0.25) is 10.2 Å². The van der Waals surface area contributed by atoms with Crippen LogP contribution in [0.1, 0.15) is 6.92 Å². The fourth-order valence-electron chi connectivity index (χ4n) is 3.07. The Morgan fingerprint density at radius 3 is 2.93 bits per heavy atom. The predicted molar refractivity (Wildman–Crippen MR) is 111 cm³/mol. The zero-order valence-electron chi connectivity index (χ0n) is 15.3. The Morgan fingerprint density at radius 2 is 2.14 bits per heavy atom. The molecule has 0 saturated carbocycles. The molecule has 0 aliphatic carbocycles. The van der Waals surface area contributed by atoms with Crippen molar-refractivity contribution in [3.8, 4) is 11.3 Å². The average Bonchev–Trinajstić information content (AvgIpc) is 2.87. The topological polar surface area (TPSA) is 83.0 Å². The van der Waals surface area contributed by atoms with Gasteiger partial charge in [0.05, 0.1) is 11.4 Å². The van der Waals surface area contributed by atoms with E-state index in [1.165, 1.54) is 0 Å². The summed E-state index contributed by atoms with van der Waals surface area (Å²) in [7, 11) is 0. The van der Waals surface area contributed by atoms with E-state index in [2.05, 4.69) is 27.8 Å². The molecule has 4 rings (SSSR count). The molecular weight excluding hydrogens is 376 g/mol. The van der Waals surface area contributed by atoms with Crippen molar-refractivity contribution in [2.24, 2.45) is 5.92 Å². The van der Waals surface area contributed by atoms with Crippen molar-refractivity contribution in [2.45, 2.75) is 6.92 Å². The molecule has 7 nitrogen and oxygen atoms in total. The highest BCUT2D eigenvalue weighted by molar-refractivity contribution is 6.30. The van der Waals surface area contributed by atoms with Gasteiger partial charge in [0.2, 0.25) is 0 Å². The van der Waals surface area contributed by atoms with Crippen molar-refractivity contribution in [3.05, 3.63) is 59.8 Å². The Bertz CT molecular complexity index is 997. The number of aromatic nitrogens is 3. The molecule has 1 aromatic carbocycles. The third-order valence-corrected chi connectivity index (χ3v) is 4.67. The van der Waals surface area contributed by atoms with E-state index in [1.807, 2.05) is 36.4 Å². The summed E-state index contributed by atoms with van der Waals surface area (Å²) in [5.74, 6) is 1.21. The number of carbonyl (C=O) groups is 1. The van der Waals surface area contributed by atoms with Crippen molar-refractivity contribution in [2.75, 3.05) is 28.6 Å². The summed E-state index contributed by atoms with van der Waals surface area (Å²) in [6, 6.07) is 14.5. The molecular formula is C20H19ClN6O. The molecule has 0 fully saturated rings. The van der Waals surface area contributed by atoms with Gasteiger partial charge in [-0.1, -0.05) is 30.7 Å². The highest BCUT2D eigenvalue weighted by Crippen LogP contribution is 2.32. The summed E-state index contributed by atoms with van der Waals surface area (Å²) in [5.41, 5.74) is 2.45. The monoisotopic (exact) mass is 394 g/mol. The molecule has 1 aliphatic heterocycles. The standard InChI is InChI=1S/C20H19ClN6O/c1-13-11-22-17-8-7-16(14-4-2-5-15(21)10-14)24-19(17)27(12-13)20(28)25-18-6-3-9-23-26-18/h2-10,13,22H,11-12H2,1H3,(H,25,26,28)/t13-/m1/s1. The third-order valence-electron chi connectivity index (χ3n) is 4.44. The van der Waals surface area contributed by atoms with E-state index in [4.69, 9.17) is 16.6 Å². The Kier molecular flexibility index (Phi) is 5.08. The Labute approximate surface area is 167 Å². The number of rotatable bonds is 2. The molecule has 0 spiro atoms. The number of nitrogens with one attached hydrogen (secondary N) is 2. The van der Waals surface area contributed by atoms with Crippen molar-refractivity contribution < 1.29 is 4.79 Å². The number of anilines is 3. The van der Waals surface area contributed by atoms with Crippen LogP contribution in [0.2, 0.25) is 5.02 Å². The van der Waals surface area contributed by atoms with Gasteiger partial charge in [0.15, 0.2) is 11.6 Å². The van der Waals surface area contributed by atoms with Gasteiger partial charge in [-0.25, -0.2) is 9.78 Å². The van der Waals surface area contributed by atoms with Crippen LogP contribution in [0, 0.1) is 5.92 Å². The summed E-state index contributed by atoms with van der Waals surface area (Å²) in [5, 5.41) is 14.5. The van der Waals surface area contributed by atoms with Crippen LogP contribution in [0.15, 0.2) is 54.7 Å². The minimum Gasteiger partial charge on any atom is -0.382 e. The second kappa shape index (κ2) is 7.82. The van der Waals surface area contributed by atoms with E-state index in [0.717, 1.165) is 23.5 Å². The summed E-state index contributed by atoms with van der Waals surface area (Å²) in [6.45, 7) is 3.36. The van der Waals surface area contributed by atoms with Gasteiger partial charge in [-0.15, -0.1) is 5.10 Å². The molecule has 1 atom stereocenters. The quantitative estimate of drug-likeness (QED) is 0.677. The zero-order chi connectivity index (χ0) is 19.5. The molecule has 0 radical (unpaired) electrons. The van der Waals surface area contributed by atoms with E-state index in [-0.39, 0.29) is 11.9 Å². The van der Waals surface area contributed by atoms with Gasteiger partial charge in [0, 0.05) is 29.9 Å². The van der Waals surface area contributed by atoms with E-state index in [1.54, 1.807) is 23.2 Å². The maximum atomic E-state index is 13.0. The SMILES string of the molecule is C[C@@H]1CNc2ccc(-c3cccc(Cl)c3)nc2N(C(=O)Nc2cccnn2)C1. The van der Waals surface area contributed by atoms with Crippen molar-refractivity contribution in [1.82, 2.24) is 15.2 Å². The van der Waals surface area contributed by atoms with Gasteiger partial charge < -0.3 is 5.32 Å². The highest BCUT2D eigenvalue weighted by Gasteiger charge is 2.26. The number of halogens is 1. The van der Waals surface area contributed by atoms with Crippen LogP contribution in [0.25, 0.3) is 11.3 Å². The number of pyridine rings is 1. The molecule has 3 aromatic rings. The Morgan fingerprint density at radius 1 is 1.25 bits per heavy atom. The largest absolute Gasteiger partial charge is 0.382 e. The lowest BCUT2D eigenvalue weighted by Gasteiger charge is -2.23. The van der Waals surface area contributed by atoms with E-state index in [0.29, 0.717) is 23.2 Å². The van der Waals surface area contributed by atoms with Gasteiger partial charge >= 0.3 is 6.03 Å². The first kappa shape index (κ1) is 18.2. The molecule has 28 heavy (non-hydrogen) atoms. The number of nitrogens with zero attached hydrogens (tertiary/aromatic N) is 4. The lowest BCUT2D eigenvalue weighted by molar-refractivity contribution is 0.256. The first-order valence-electron chi connectivity index (χ1n) is 8.97. The van der Waals surface area contributed by atoms with Gasteiger partial charge in [0.25, 0.3) is 0 Å². The molecule has 2 aromatic heterocycles. The van der Waals surface area contributed by atoms with Crippen LogP contribution < -0.4 is 15.5 Å². The van der Waals surface area contributed by atoms with Gasteiger partial charge in [-0.05, 0) is 42.3 Å². The van der Waals surface area contributed by atoms with Gasteiger partial charge in [-0.2, -0.15) is 5.10 Å². The normalized spacial score (nSPS) is 15.9. The number of urea groups is 1. The zero-order valence-corrected chi connectivity index (χ0v) is 16.0. The highest BCUT2D eigenvalue weighted by atomic mass is 35.5. The maximum absolute atomic E-state index is 13.0. The molecule has 8 heteroatoms. The molecule has 2 N–H and O–H groups in total. The lowest BCUT2D eigenvalue weighted by Crippen LogP contribution is -2.38. The molecule has 142 valence electrons. The van der Waals surface area contributed by atoms with Gasteiger partial charge in [0.1, 0.15) is 0 Å². The van der Waals surface area contributed by atoms with E-state index >= 15 is 0 Å². The Hall–Kier alpha value is -3.19. The Balaban J connectivity index is 1.71. The van der Waals surface area contributed by atoms with Crippen LogP contribution in [-0.4, -0.2) is 34.3 Å². The number of carbonyl (C=O) groups excluding carboxylic acids is 1. The minimum absolute atomic E-state index is 0.247. The molecule has 0 saturated heterocycles. The fraction of sp³-hybridized carbons (Fsp3) is 0.200.